The Labute approximate surface area is 84.7 Å². The van der Waals surface area contributed by atoms with Gasteiger partial charge in [-0.3, -0.25) is 14.9 Å². The van der Waals surface area contributed by atoms with Crippen molar-refractivity contribution < 1.29 is 4.79 Å². The summed E-state index contributed by atoms with van der Waals surface area (Å²) in [6, 6.07) is 1.78. The lowest BCUT2D eigenvalue weighted by atomic mass is 10.5. The highest BCUT2D eigenvalue weighted by Gasteiger charge is 2.03. The van der Waals surface area contributed by atoms with Crippen LogP contribution in [0.1, 0.15) is 0 Å². The van der Waals surface area contributed by atoms with E-state index in [4.69, 9.17) is 11.6 Å². The Morgan fingerprint density at radius 3 is 3.29 bits per heavy atom. The Hall–Kier alpha value is -1.62. The predicted molar refractivity (Wildman–Crippen MR) is 52.6 cm³/mol. The monoisotopic (exact) mass is 210 g/mol. The van der Waals surface area contributed by atoms with Crippen LogP contribution in [0.3, 0.4) is 0 Å². The number of aromatic nitrogens is 3. The van der Waals surface area contributed by atoms with Crippen molar-refractivity contribution >= 4 is 28.5 Å². The van der Waals surface area contributed by atoms with Crippen LogP contribution in [0.5, 0.6) is 0 Å². The molecule has 0 aromatic carbocycles. The number of fused-ring (bicyclic) bond motifs is 1. The number of nitrogens with zero attached hydrogens (tertiary/aromatic N) is 3. The molecule has 14 heavy (non-hydrogen) atoms. The molecule has 0 saturated carbocycles. The molecule has 5 nitrogen and oxygen atoms in total. The largest absolute Gasteiger partial charge is 0.272 e. The molecule has 2 aromatic rings. The fourth-order valence-electron chi connectivity index (χ4n) is 1.13. The molecule has 72 valence electrons. The van der Waals surface area contributed by atoms with Crippen LogP contribution in [0.4, 0.5) is 0 Å². The van der Waals surface area contributed by atoms with Crippen molar-refractivity contribution in [1.29, 1.82) is 0 Å². The summed E-state index contributed by atoms with van der Waals surface area (Å²) in [6.07, 6.45) is 4.77. The first-order chi connectivity index (χ1) is 6.81. The van der Waals surface area contributed by atoms with Crippen molar-refractivity contribution in [3.8, 4) is 0 Å². The van der Waals surface area contributed by atoms with E-state index in [1.165, 1.54) is 6.33 Å². The van der Waals surface area contributed by atoms with E-state index < -0.39 is 0 Å². The van der Waals surface area contributed by atoms with Gasteiger partial charge in [-0.2, -0.15) is 0 Å². The van der Waals surface area contributed by atoms with Gasteiger partial charge in [0.05, 0.1) is 11.7 Å². The third-order valence-corrected chi connectivity index (χ3v) is 1.97. The van der Waals surface area contributed by atoms with Gasteiger partial charge in [0.15, 0.2) is 0 Å². The van der Waals surface area contributed by atoms with E-state index >= 15 is 0 Å². The first-order valence-electron chi connectivity index (χ1n) is 3.94. The maximum absolute atomic E-state index is 11.0. The number of rotatable bonds is 2. The minimum Gasteiger partial charge on any atom is -0.272 e. The van der Waals surface area contributed by atoms with Gasteiger partial charge in [0.1, 0.15) is 17.7 Å². The highest BCUT2D eigenvalue weighted by Crippen LogP contribution is 2.08. The number of halogens is 1. The fourth-order valence-corrected chi connectivity index (χ4v) is 1.19. The summed E-state index contributed by atoms with van der Waals surface area (Å²) in [7, 11) is 0. The number of amides is 1. The van der Waals surface area contributed by atoms with Crippen LogP contribution in [0.25, 0.3) is 11.0 Å². The summed E-state index contributed by atoms with van der Waals surface area (Å²) < 4.78 is 1.54. The van der Waals surface area contributed by atoms with Gasteiger partial charge < -0.3 is 0 Å². The van der Waals surface area contributed by atoms with Crippen molar-refractivity contribution in [2.24, 2.45) is 0 Å². The number of nitrogens with one attached hydrogen (secondary N) is 1. The van der Waals surface area contributed by atoms with Gasteiger partial charge in [-0.05, 0) is 6.07 Å². The molecule has 0 radical (unpaired) electrons. The highest BCUT2D eigenvalue weighted by molar-refractivity contribution is 6.28. The van der Waals surface area contributed by atoms with E-state index in [0.29, 0.717) is 0 Å². The van der Waals surface area contributed by atoms with E-state index in [-0.39, 0.29) is 11.8 Å². The summed E-state index contributed by atoms with van der Waals surface area (Å²) >= 11 is 5.36. The Kier molecular flexibility index (Phi) is 2.32. The van der Waals surface area contributed by atoms with Gasteiger partial charge in [-0.1, -0.05) is 0 Å². The van der Waals surface area contributed by atoms with Crippen LogP contribution in [-0.2, 0) is 4.79 Å². The van der Waals surface area contributed by atoms with Crippen LogP contribution in [0, 0.1) is 0 Å². The number of carbonyl (C=O) groups is 1. The lowest BCUT2D eigenvalue weighted by Crippen LogP contribution is -2.22. The molecule has 0 fully saturated rings. The maximum atomic E-state index is 11.0. The quantitative estimate of drug-likeness (QED) is 0.744. The minimum atomic E-state index is -0.270. The summed E-state index contributed by atoms with van der Waals surface area (Å²) in [6.45, 7) is 0. The van der Waals surface area contributed by atoms with Crippen molar-refractivity contribution in [1.82, 2.24) is 14.6 Å². The molecule has 2 heterocycles. The number of alkyl halides is 1. The van der Waals surface area contributed by atoms with E-state index in [1.54, 1.807) is 23.1 Å². The zero-order chi connectivity index (χ0) is 9.97. The highest BCUT2D eigenvalue weighted by atomic mass is 35.5. The first-order valence-corrected chi connectivity index (χ1v) is 4.47. The molecule has 0 spiro atoms. The molecule has 0 aliphatic rings. The third kappa shape index (κ3) is 1.54. The Balaban J connectivity index is 2.38. The van der Waals surface area contributed by atoms with Gasteiger partial charge in [0.25, 0.3) is 5.91 Å². The van der Waals surface area contributed by atoms with E-state index in [1.807, 2.05) is 0 Å². The molecule has 0 aliphatic carbocycles. The molecule has 1 amide bonds. The normalized spacial score (nSPS) is 10.4. The standard InChI is InChI=1S/C8H7ClN4O/c9-3-8(14)12-13-2-1-6-7(13)4-10-5-11-6/h1-2,4-5H,3H2,(H,12,14). The van der Waals surface area contributed by atoms with E-state index in [9.17, 15) is 4.79 Å². The number of hydrogen-bond acceptors (Lipinski definition) is 3. The van der Waals surface area contributed by atoms with Crippen LogP contribution >= 0.6 is 11.6 Å². The lowest BCUT2D eigenvalue weighted by Gasteiger charge is -2.04. The molecule has 2 aromatic heterocycles. The van der Waals surface area contributed by atoms with Gasteiger partial charge in [-0.15, -0.1) is 11.6 Å². The second-order valence-electron chi connectivity index (χ2n) is 2.65. The van der Waals surface area contributed by atoms with Gasteiger partial charge in [-0.25, -0.2) is 9.97 Å². The van der Waals surface area contributed by atoms with Gasteiger partial charge >= 0.3 is 0 Å². The molecule has 0 aliphatic heterocycles. The van der Waals surface area contributed by atoms with Crippen molar-refractivity contribution in [3.63, 3.8) is 0 Å². The van der Waals surface area contributed by atoms with Crippen molar-refractivity contribution in [2.75, 3.05) is 11.3 Å². The zero-order valence-corrected chi connectivity index (χ0v) is 7.90. The first kappa shape index (κ1) is 8.96. The van der Waals surface area contributed by atoms with Gasteiger partial charge in [0, 0.05) is 6.20 Å². The van der Waals surface area contributed by atoms with Crippen LogP contribution in [0.15, 0.2) is 24.8 Å². The zero-order valence-electron chi connectivity index (χ0n) is 7.14. The number of hydrogen-bond donors (Lipinski definition) is 1. The molecular formula is C8H7ClN4O. The van der Waals surface area contributed by atoms with Gasteiger partial charge in [0.2, 0.25) is 0 Å². The average Bonchev–Trinajstić information content (AvgIpc) is 2.62. The van der Waals surface area contributed by atoms with E-state index in [2.05, 4.69) is 15.4 Å². The average molecular weight is 211 g/mol. The summed E-state index contributed by atoms with van der Waals surface area (Å²) in [4.78, 5) is 18.9. The molecule has 1 N–H and O–H groups in total. The third-order valence-electron chi connectivity index (χ3n) is 1.73. The topological polar surface area (TPSA) is 59.8 Å². The Morgan fingerprint density at radius 2 is 2.50 bits per heavy atom. The predicted octanol–water partition coefficient (Wildman–Crippen LogP) is 0.740. The Morgan fingerprint density at radius 1 is 1.64 bits per heavy atom. The molecule has 0 unspecified atom stereocenters. The van der Waals surface area contributed by atoms with Crippen LogP contribution in [-0.4, -0.2) is 26.4 Å². The summed E-state index contributed by atoms with van der Waals surface area (Å²) in [5.74, 6) is -0.346. The lowest BCUT2D eigenvalue weighted by molar-refractivity contribution is -0.114. The second kappa shape index (κ2) is 3.63. The van der Waals surface area contributed by atoms with Crippen LogP contribution in [0.2, 0.25) is 0 Å². The fraction of sp³-hybridized carbons (Fsp3) is 0.125. The van der Waals surface area contributed by atoms with Crippen molar-refractivity contribution in [2.45, 2.75) is 0 Å². The molecule has 0 bridgehead atoms. The second-order valence-corrected chi connectivity index (χ2v) is 2.91. The summed E-state index contributed by atoms with van der Waals surface area (Å²) in [5.41, 5.74) is 4.10. The molecule has 0 atom stereocenters. The Bertz CT molecular complexity index is 467. The van der Waals surface area contributed by atoms with Crippen LogP contribution < -0.4 is 5.43 Å². The molecule has 6 heteroatoms. The molecular weight excluding hydrogens is 204 g/mol. The molecule has 0 saturated heterocycles. The van der Waals surface area contributed by atoms with E-state index in [0.717, 1.165) is 11.0 Å². The summed E-state index contributed by atoms with van der Waals surface area (Å²) in [5, 5.41) is 0. The maximum Gasteiger partial charge on any atom is 0.253 e. The molecule has 2 rings (SSSR count). The smallest absolute Gasteiger partial charge is 0.253 e. The number of carbonyl (C=O) groups excluding carboxylic acids is 1. The van der Waals surface area contributed by atoms with Crippen molar-refractivity contribution in [3.05, 3.63) is 24.8 Å². The minimum absolute atomic E-state index is 0.0760. The SMILES string of the molecule is O=C(CCl)Nn1ccc2ncncc21.